The summed E-state index contributed by atoms with van der Waals surface area (Å²) < 4.78 is 0.842. The van der Waals surface area contributed by atoms with Gasteiger partial charge in [0.15, 0.2) is 5.96 Å². The number of thiophene rings is 1. The molecule has 0 aromatic carbocycles. The highest BCUT2D eigenvalue weighted by atomic mass is 35.5. The molecule has 0 aliphatic carbocycles. The van der Waals surface area contributed by atoms with Gasteiger partial charge in [0.25, 0.3) is 0 Å². The molecule has 0 atom stereocenters. The molecule has 1 aliphatic heterocycles. The summed E-state index contributed by atoms with van der Waals surface area (Å²) >= 11 is 7.63. The maximum atomic E-state index is 6.00. The van der Waals surface area contributed by atoms with E-state index in [-0.39, 0.29) is 0 Å². The summed E-state index contributed by atoms with van der Waals surface area (Å²) in [5, 5.41) is 3.50. The van der Waals surface area contributed by atoms with E-state index >= 15 is 0 Å². The molecule has 1 aromatic rings. The third kappa shape index (κ3) is 5.98. The fraction of sp³-hybridized carbons (Fsp3) is 0.706. The molecule has 6 heteroatoms. The second-order valence-corrected chi connectivity index (χ2v) is 8.00. The van der Waals surface area contributed by atoms with Gasteiger partial charge in [0.1, 0.15) is 0 Å². The molecular formula is C17H29ClN4S. The van der Waals surface area contributed by atoms with Crippen molar-refractivity contribution in [3.63, 3.8) is 0 Å². The normalized spacial score (nSPS) is 17.5. The summed E-state index contributed by atoms with van der Waals surface area (Å²) in [6, 6.07) is 4.03. The number of halogens is 1. The molecule has 0 saturated carbocycles. The second-order valence-electron chi connectivity index (χ2n) is 6.20. The lowest BCUT2D eigenvalue weighted by Gasteiger charge is -2.31. The first-order chi connectivity index (χ1) is 11.1. The average molecular weight is 357 g/mol. The number of aliphatic imine (C=N–C) groups is 1. The first kappa shape index (κ1) is 18.6. The molecule has 1 fully saturated rings. The minimum atomic E-state index is 0.839. The van der Waals surface area contributed by atoms with E-state index in [1.54, 1.807) is 11.3 Å². The van der Waals surface area contributed by atoms with Crippen LogP contribution in [0.4, 0.5) is 0 Å². The van der Waals surface area contributed by atoms with E-state index in [0.29, 0.717) is 0 Å². The fourth-order valence-corrected chi connectivity index (χ4v) is 4.25. The van der Waals surface area contributed by atoms with Crippen LogP contribution in [0.25, 0.3) is 0 Å². The van der Waals surface area contributed by atoms with Crippen LogP contribution in [0.15, 0.2) is 17.1 Å². The SMILES string of the molecule is CCN1CCC(CCNC(=NC)N(C)Cc2ccc(Cl)s2)CC1. The maximum Gasteiger partial charge on any atom is 0.193 e. The molecule has 2 rings (SSSR count). The number of guanidine groups is 1. The van der Waals surface area contributed by atoms with E-state index < -0.39 is 0 Å². The standard InChI is InChI=1S/C17H29ClN4S/c1-4-22-11-8-14(9-12-22)7-10-20-17(19-2)21(3)13-15-5-6-16(18)23-15/h5-6,14H,4,7-13H2,1-3H3,(H,19,20). The van der Waals surface area contributed by atoms with Crippen LogP contribution in [0.5, 0.6) is 0 Å². The van der Waals surface area contributed by atoms with E-state index in [0.717, 1.165) is 29.3 Å². The Bertz CT molecular complexity index is 495. The molecule has 4 nitrogen and oxygen atoms in total. The van der Waals surface area contributed by atoms with Gasteiger partial charge in [0.05, 0.1) is 10.9 Å². The van der Waals surface area contributed by atoms with Crippen LogP contribution in [0.1, 0.15) is 31.1 Å². The van der Waals surface area contributed by atoms with Gasteiger partial charge < -0.3 is 15.1 Å². The largest absolute Gasteiger partial charge is 0.356 e. The average Bonchev–Trinajstić information content (AvgIpc) is 2.97. The van der Waals surface area contributed by atoms with Crippen molar-refractivity contribution < 1.29 is 0 Å². The summed E-state index contributed by atoms with van der Waals surface area (Å²) in [5.74, 6) is 1.81. The Balaban J connectivity index is 1.70. The van der Waals surface area contributed by atoms with Gasteiger partial charge in [0, 0.05) is 25.5 Å². The van der Waals surface area contributed by atoms with Gasteiger partial charge >= 0.3 is 0 Å². The Morgan fingerprint density at radius 2 is 2.17 bits per heavy atom. The Labute approximate surface area is 149 Å². The van der Waals surface area contributed by atoms with Crippen molar-refractivity contribution in [3.8, 4) is 0 Å². The molecular weight excluding hydrogens is 328 g/mol. The zero-order valence-electron chi connectivity index (χ0n) is 14.5. The molecule has 23 heavy (non-hydrogen) atoms. The topological polar surface area (TPSA) is 30.9 Å². The van der Waals surface area contributed by atoms with Crippen LogP contribution in [0.2, 0.25) is 4.34 Å². The minimum Gasteiger partial charge on any atom is -0.356 e. The zero-order valence-corrected chi connectivity index (χ0v) is 16.1. The third-order valence-electron chi connectivity index (χ3n) is 4.59. The lowest BCUT2D eigenvalue weighted by Crippen LogP contribution is -2.40. The predicted molar refractivity (Wildman–Crippen MR) is 102 cm³/mol. The Hall–Kier alpha value is -0.780. The summed E-state index contributed by atoms with van der Waals surface area (Å²) in [6.45, 7) is 7.80. The summed E-state index contributed by atoms with van der Waals surface area (Å²) in [6.07, 6.45) is 3.89. The highest BCUT2D eigenvalue weighted by Gasteiger charge is 2.18. The van der Waals surface area contributed by atoms with Gasteiger partial charge in [-0.25, -0.2) is 0 Å². The number of nitrogens with zero attached hydrogens (tertiary/aromatic N) is 3. The van der Waals surface area contributed by atoms with Gasteiger partial charge in [0.2, 0.25) is 0 Å². The monoisotopic (exact) mass is 356 g/mol. The quantitative estimate of drug-likeness (QED) is 0.624. The fourth-order valence-electron chi connectivity index (χ4n) is 3.11. The molecule has 1 aliphatic rings. The zero-order chi connectivity index (χ0) is 16.7. The van der Waals surface area contributed by atoms with Crippen molar-refractivity contribution in [2.24, 2.45) is 10.9 Å². The van der Waals surface area contributed by atoms with E-state index in [2.05, 4.69) is 40.1 Å². The lowest BCUT2D eigenvalue weighted by atomic mass is 9.93. The van der Waals surface area contributed by atoms with Gasteiger partial charge in [-0.1, -0.05) is 18.5 Å². The molecule has 0 bridgehead atoms. The Morgan fingerprint density at radius 3 is 2.74 bits per heavy atom. The van der Waals surface area contributed by atoms with Crippen LogP contribution in [-0.4, -0.2) is 56.0 Å². The Kier molecular flexibility index (Phi) is 7.66. The molecule has 1 saturated heterocycles. The van der Waals surface area contributed by atoms with Crippen LogP contribution >= 0.6 is 22.9 Å². The van der Waals surface area contributed by atoms with Crippen molar-refractivity contribution in [3.05, 3.63) is 21.3 Å². The van der Waals surface area contributed by atoms with Crippen LogP contribution in [-0.2, 0) is 6.54 Å². The lowest BCUT2D eigenvalue weighted by molar-refractivity contribution is 0.187. The number of piperidine rings is 1. The Morgan fingerprint density at radius 1 is 1.43 bits per heavy atom. The van der Waals surface area contributed by atoms with Crippen molar-refractivity contribution in [1.82, 2.24) is 15.1 Å². The molecule has 1 N–H and O–H groups in total. The first-order valence-electron chi connectivity index (χ1n) is 8.50. The van der Waals surface area contributed by atoms with E-state index in [1.165, 1.54) is 43.8 Å². The number of rotatable bonds is 6. The van der Waals surface area contributed by atoms with E-state index in [4.69, 9.17) is 11.6 Å². The highest BCUT2D eigenvalue weighted by Crippen LogP contribution is 2.22. The summed E-state index contributed by atoms with van der Waals surface area (Å²) in [4.78, 5) is 10.3. The number of hydrogen-bond donors (Lipinski definition) is 1. The van der Waals surface area contributed by atoms with Crippen LogP contribution in [0.3, 0.4) is 0 Å². The molecule has 1 aromatic heterocycles. The van der Waals surface area contributed by atoms with E-state index in [1.807, 2.05) is 13.1 Å². The molecule has 0 radical (unpaired) electrons. The van der Waals surface area contributed by atoms with Gasteiger partial charge in [-0.05, 0) is 56.9 Å². The number of likely N-dealkylation sites (tertiary alicyclic amines) is 1. The third-order valence-corrected chi connectivity index (χ3v) is 5.80. The summed E-state index contributed by atoms with van der Waals surface area (Å²) in [5.41, 5.74) is 0. The van der Waals surface area contributed by atoms with Crippen LogP contribution in [0, 0.1) is 5.92 Å². The van der Waals surface area contributed by atoms with Gasteiger partial charge in [-0.2, -0.15) is 0 Å². The van der Waals surface area contributed by atoms with Crippen molar-refractivity contribution in [2.75, 3.05) is 40.3 Å². The van der Waals surface area contributed by atoms with Crippen molar-refractivity contribution in [1.29, 1.82) is 0 Å². The minimum absolute atomic E-state index is 0.839. The van der Waals surface area contributed by atoms with Crippen molar-refractivity contribution >= 4 is 28.9 Å². The van der Waals surface area contributed by atoms with E-state index in [9.17, 15) is 0 Å². The van der Waals surface area contributed by atoms with Gasteiger partial charge in [-0.3, -0.25) is 4.99 Å². The summed E-state index contributed by atoms with van der Waals surface area (Å²) in [7, 11) is 3.92. The maximum absolute atomic E-state index is 6.00. The second kappa shape index (κ2) is 9.50. The number of nitrogens with one attached hydrogen (secondary N) is 1. The molecule has 0 amide bonds. The first-order valence-corrected chi connectivity index (χ1v) is 9.70. The number of hydrogen-bond acceptors (Lipinski definition) is 3. The predicted octanol–water partition coefficient (Wildman–Crippen LogP) is 3.53. The highest BCUT2D eigenvalue weighted by molar-refractivity contribution is 7.16. The molecule has 0 unspecified atom stereocenters. The molecule has 2 heterocycles. The van der Waals surface area contributed by atoms with Gasteiger partial charge in [-0.15, -0.1) is 11.3 Å². The smallest absolute Gasteiger partial charge is 0.193 e. The van der Waals surface area contributed by atoms with Crippen molar-refractivity contribution in [2.45, 2.75) is 32.7 Å². The van der Waals surface area contributed by atoms with Crippen LogP contribution < -0.4 is 5.32 Å². The molecule has 130 valence electrons. The molecule has 0 spiro atoms.